The number of likely N-dealkylation sites (N-methyl/N-ethyl adjacent to an activating group) is 1. The van der Waals surface area contributed by atoms with E-state index in [0.29, 0.717) is 12.5 Å². The van der Waals surface area contributed by atoms with Gasteiger partial charge >= 0.3 is 0 Å². The molecule has 0 spiro atoms. The number of nitrogens with zero attached hydrogens (tertiary/aromatic N) is 2. The van der Waals surface area contributed by atoms with Crippen LogP contribution in [0.2, 0.25) is 0 Å². The monoisotopic (exact) mass is 205 g/mol. The lowest BCUT2D eigenvalue weighted by Gasteiger charge is -2.33. The molecule has 1 heterocycles. The third kappa shape index (κ3) is 1.42. The SMILES string of the molecule is CN1C(N)=NCC1(C)c1cccc(O)c1. The molecule has 80 valence electrons. The lowest BCUT2D eigenvalue weighted by Crippen LogP contribution is -2.44. The summed E-state index contributed by atoms with van der Waals surface area (Å²) in [5.74, 6) is 0.813. The fraction of sp³-hybridized carbons (Fsp3) is 0.364. The van der Waals surface area contributed by atoms with E-state index in [1.165, 1.54) is 0 Å². The third-order valence-electron chi connectivity index (χ3n) is 3.10. The number of rotatable bonds is 1. The second kappa shape index (κ2) is 3.15. The van der Waals surface area contributed by atoms with Crippen molar-refractivity contribution in [2.24, 2.45) is 10.7 Å². The van der Waals surface area contributed by atoms with Crippen molar-refractivity contribution in [3.8, 4) is 5.75 Å². The van der Waals surface area contributed by atoms with Crippen molar-refractivity contribution in [2.45, 2.75) is 12.5 Å². The van der Waals surface area contributed by atoms with E-state index in [0.717, 1.165) is 5.56 Å². The van der Waals surface area contributed by atoms with Gasteiger partial charge in [-0.1, -0.05) is 12.1 Å². The maximum atomic E-state index is 9.45. The molecule has 1 aromatic carbocycles. The molecule has 1 aliphatic heterocycles. The lowest BCUT2D eigenvalue weighted by atomic mass is 9.91. The van der Waals surface area contributed by atoms with Crippen LogP contribution >= 0.6 is 0 Å². The average molecular weight is 205 g/mol. The van der Waals surface area contributed by atoms with Crippen molar-refractivity contribution < 1.29 is 5.11 Å². The Morgan fingerprint density at radius 3 is 2.80 bits per heavy atom. The van der Waals surface area contributed by atoms with Gasteiger partial charge in [0.25, 0.3) is 0 Å². The number of guanidine groups is 1. The molecule has 0 fully saturated rings. The average Bonchev–Trinajstić information content (AvgIpc) is 2.48. The number of benzene rings is 1. The summed E-state index contributed by atoms with van der Waals surface area (Å²) in [6.45, 7) is 2.68. The van der Waals surface area contributed by atoms with Gasteiger partial charge in [-0.3, -0.25) is 4.99 Å². The summed E-state index contributed by atoms with van der Waals surface area (Å²) in [7, 11) is 1.91. The Morgan fingerprint density at radius 1 is 1.53 bits per heavy atom. The Hall–Kier alpha value is -1.71. The molecular weight excluding hydrogens is 190 g/mol. The molecule has 1 aromatic rings. The number of phenols is 1. The van der Waals surface area contributed by atoms with Crippen LogP contribution in [0.25, 0.3) is 0 Å². The summed E-state index contributed by atoms with van der Waals surface area (Å²) in [6.07, 6.45) is 0. The molecule has 2 rings (SSSR count). The molecule has 0 amide bonds. The molecule has 15 heavy (non-hydrogen) atoms. The first kappa shape index (κ1) is 9.83. The van der Waals surface area contributed by atoms with Gasteiger partial charge in [-0.15, -0.1) is 0 Å². The zero-order valence-electron chi connectivity index (χ0n) is 8.94. The van der Waals surface area contributed by atoms with Crippen molar-refractivity contribution >= 4 is 5.96 Å². The van der Waals surface area contributed by atoms with E-state index in [1.807, 2.05) is 24.1 Å². The van der Waals surface area contributed by atoms with E-state index in [1.54, 1.807) is 12.1 Å². The second-order valence-electron chi connectivity index (χ2n) is 4.06. The first-order chi connectivity index (χ1) is 7.04. The van der Waals surface area contributed by atoms with Gasteiger partial charge in [0, 0.05) is 7.05 Å². The Kier molecular flexibility index (Phi) is 2.07. The summed E-state index contributed by atoms with van der Waals surface area (Å²) in [5.41, 5.74) is 6.52. The van der Waals surface area contributed by atoms with Crippen LogP contribution < -0.4 is 5.73 Å². The standard InChI is InChI=1S/C11H15N3O/c1-11(7-13-10(12)14(11)2)8-4-3-5-9(15)6-8/h3-6,15H,7H2,1-2H3,(H2,12,13). The van der Waals surface area contributed by atoms with Gasteiger partial charge in [0.05, 0.1) is 12.1 Å². The highest BCUT2D eigenvalue weighted by atomic mass is 16.3. The van der Waals surface area contributed by atoms with Crippen LogP contribution in [0.4, 0.5) is 0 Å². The van der Waals surface area contributed by atoms with Crippen LogP contribution in [-0.2, 0) is 5.54 Å². The zero-order chi connectivity index (χ0) is 11.1. The van der Waals surface area contributed by atoms with Gasteiger partial charge in [0.2, 0.25) is 0 Å². The van der Waals surface area contributed by atoms with E-state index in [9.17, 15) is 5.11 Å². The fourth-order valence-corrected chi connectivity index (χ4v) is 1.83. The van der Waals surface area contributed by atoms with Gasteiger partial charge in [-0.25, -0.2) is 0 Å². The quantitative estimate of drug-likeness (QED) is 0.715. The number of hydrogen-bond acceptors (Lipinski definition) is 4. The van der Waals surface area contributed by atoms with E-state index >= 15 is 0 Å². The molecule has 0 radical (unpaired) electrons. The Morgan fingerprint density at radius 2 is 2.27 bits per heavy atom. The molecule has 1 atom stereocenters. The zero-order valence-corrected chi connectivity index (χ0v) is 8.94. The molecule has 0 saturated carbocycles. The Balaban J connectivity index is 2.40. The minimum atomic E-state index is -0.247. The molecule has 3 N–H and O–H groups in total. The Bertz CT molecular complexity index is 416. The van der Waals surface area contributed by atoms with Crippen molar-refractivity contribution in [3.05, 3.63) is 29.8 Å². The molecular formula is C11H15N3O. The number of phenolic OH excluding ortho intramolecular Hbond substituents is 1. The minimum Gasteiger partial charge on any atom is -0.508 e. The predicted molar refractivity (Wildman–Crippen MR) is 59.7 cm³/mol. The van der Waals surface area contributed by atoms with Crippen molar-refractivity contribution in [1.82, 2.24) is 4.90 Å². The van der Waals surface area contributed by atoms with E-state index in [-0.39, 0.29) is 11.3 Å². The van der Waals surface area contributed by atoms with Gasteiger partial charge in [-0.05, 0) is 24.6 Å². The van der Waals surface area contributed by atoms with Crippen molar-refractivity contribution in [3.63, 3.8) is 0 Å². The highest BCUT2D eigenvalue weighted by Crippen LogP contribution is 2.32. The maximum absolute atomic E-state index is 9.45. The summed E-state index contributed by atoms with van der Waals surface area (Å²) in [5, 5.41) is 9.45. The van der Waals surface area contributed by atoms with E-state index in [2.05, 4.69) is 11.9 Å². The van der Waals surface area contributed by atoms with Crippen LogP contribution in [0.3, 0.4) is 0 Å². The molecule has 0 bridgehead atoms. The number of aromatic hydroxyl groups is 1. The summed E-state index contributed by atoms with van der Waals surface area (Å²) in [6, 6.07) is 7.22. The van der Waals surface area contributed by atoms with Gasteiger partial charge in [0.15, 0.2) is 5.96 Å². The predicted octanol–water partition coefficient (Wildman–Crippen LogP) is 0.867. The van der Waals surface area contributed by atoms with Crippen LogP contribution in [0.5, 0.6) is 5.75 Å². The topological polar surface area (TPSA) is 61.8 Å². The number of aliphatic imine (C=N–C) groups is 1. The normalized spacial score (nSPS) is 25.5. The van der Waals surface area contributed by atoms with Crippen molar-refractivity contribution in [2.75, 3.05) is 13.6 Å². The molecule has 4 nitrogen and oxygen atoms in total. The first-order valence-corrected chi connectivity index (χ1v) is 4.87. The number of nitrogens with two attached hydrogens (primary N) is 1. The van der Waals surface area contributed by atoms with Crippen LogP contribution in [0.1, 0.15) is 12.5 Å². The minimum absolute atomic E-state index is 0.247. The summed E-state index contributed by atoms with van der Waals surface area (Å²) in [4.78, 5) is 6.15. The molecule has 1 unspecified atom stereocenters. The van der Waals surface area contributed by atoms with Crippen LogP contribution in [0.15, 0.2) is 29.3 Å². The Labute approximate surface area is 89.0 Å². The largest absolute Gasteiger partial charge is 0.508 e. The molecule has 0 aromatic heterocycles. The first-order valence-electron chi connectivity index (χ1n) is 4.87. The summed E-state index contributed by atoms with van der Waals surface area (Å²) >= 11 is 0. The van der Waals surface area contributed by atoms with Gasteiger partial charge in [0.1, 0.15) is 5.75 Å². The molecule has 0 aliphatic carbocycles. The second-order valence-corrected chi connectivity index (χ2v) is 4.06. The highest BCUT2D eigenvalue weighted by molar-refractivity contribution is 5.81. The third-order valence-corrected chi connectivity index (χ3v) is 3.10. The van der Waals surface area contributed by atoms with Gasteiger partial charge < -0.3 is 15.7 Å². The lowest BCUT2D eigenvalue weighted by molar-refractivity contribution is 0.266. The number of hydrogen-bond donors (Lipinski definition) is 2. The molecule has 0 saturated heterocycles. The van der Waals surface area contributed by atoms with Crippen LogP contribution in [-0.4, -0.2) is 29.6 Å². The van der Waals surface area contributed by atoms with Crippen molar-refractivity contribution in [1.29, 1.82) is 0 Å². The van der Waals surface area contributed by atoms with E-state index in [4.69, 9.17) is 5.73 Å². The highest BCUT2D eigenvalue weighted by Gasteiger charge is 2.37. The maximum Gasteiger partial charge on any atom is 0.191 e. The molecule has 4 heteroatoms. The smallest absolute Gasteiger partial charge is 0.191 e. The van der Waals surface area contributed by atoms with Crippen LogP contribution in [0, 0.1) is 0 Å². The molecule has 1 aliphatic rings. The van der Waals surface area contributed by atoms with E-state index < -0.39 is 0 Å². The van der Waals surface area contributed by atoms with Gasteiger partial charge in [-0.2, -0.15) is 0 Å². The fourth-order valence-electron chi connectivity index (χ4n) is 1.83. The summed E-state index contributed by atoms with van der Waals surface area (Å²) < 4.78 is 0.